The molecular formula is C61H106O7. The summed E-state index contributed by atoms with van der Waals surface area (Å²) in [7, 11) is 0. The average Bonchev–Trinajstić information content (AvgIpc) is 3.27. The number of esters is 1. The first-order valence-corrected chi connectivity index (χ1v) is 27.9. The van der Waals surface area contributed by atoms with Crippen molar-refractivity contribution in [2.45, 2.75) is 279 Å². The number of unbranched alkanes of at least 4 members (excludes halogenated alkanes) is 12. The fourth-order valence-electron chi connectivity index (χ4n) is 10.1. The number of ether oxygens (including phenoxy) is 3. The molecular weight excluding hydrogens is 845 g/mol. The van der Waals surface area contributed by atoms with Crippen molar-refractivity contribution in [3.8, 4) is 0 Å². The highest BCUT2D eigenvalue weighted by Gasteiger charge is 2.46. The maximum atomic E-state index is 12.5. The van der Waals surface area contributed by atoms with Gasteiger partial charge in [-0.15, -0.1) is 0 Å². The van der Waals surface area contributed by atoms with Gasteiger partial charge in [-0.1, -0.05) is 195 Å². The van der Waals surface area contributed by atoms with Crippen LogP contribution < -0.4 is 0 Å². The zero-order valence-electron chi connectivity index (χ0n) is 45.8. The molecule has 0 spiro atoms. The summed E-state index contributed by atoms with van der Waals surface area (Å²) >= 11 is 0. The van der Waals surface area contributed by atoms with E-state index in [2.05, 4.69) is 111 Å². The molecule has 7 nitrogen and oxygen atoms in total. The molecule has 7 heteroatoms. The van der Waals surface area contributed by atoms with Gasteiger partial charge in [0.15, 0.2) is 6.29 Å². The molecule has 1 aliphatic heterocycles. The van der Waals surface area contributed by atoms with E-state index in [9.17, 15) is 20.1 Å². The summed E-state index contributed by atoms with van der Waals surface area (Å²) in [4.78, 5) is 12.5. The van der Waals surface area contributed by atoms with E-state index in [0.29, 0.717) is 24.2 Å². The quantitative estimate of drug-likeness (QED) is 0.0249. The number of aliphatic hydroxyl groups is 3. The summed E-state index contributed by atoms with van der Waals surface area (Å²) in [6, 6.07) is 0. The molecule has 392 valence electrons. The number of hydrogen-bond acceptors (Lipinski definition) is 7. The van der Waals surface area contributed by atoms with Crippen LogP contribution in [0.15, 0.2) is 70.9 Å². The SMILES string of the molecule is CCCCCCCCCCCCCCC(=O)OC[C@H]1O[C@H](OC(C)(C)CCC/C(C)=C/C=C/C(C)=C/C=C/C(C)CCCCC(C)CC/C=C(\C)CCC2C(C)=CCCC2(C)C)[C@H](O)[C@@H](O)[C@@H]1O. The summed E-state index contributed by atoms with van der Waals surface area (Å²) in [6.45, 7) is 24.5. The number of carbonyl (C=O) groups excluding carboxylic acids is 1. The summed E-state index contributed by atoms with van der Waals surface area (Å²) < 4.78 is 17.5. The summed E-state index contributed by atoms with van der Waals surface area (Å²) in [5, 5.41) is 32.0. The van der Waals surface area contributed by atoms with E-state index in [0.717, 1.165) is 43.9 Å². The highest BCUT2D eigenvalue weighted by molar-refractivity contribution is 5.69. The molecule has 0 amide bonds. The lowest BCUT2D eigenvalue weighted by Gasteiger charge is -2.42. The fraction of sp³-hybridized carbons (Fsp3) is 0.787. The third kappa shape index (κ3) is 27.4. The van der Waals surface area contributed by atoms with Gasteiger partial charge in [-0.25, -0.2) is 0 Å². The van der Waals surface area contributed by atoms with Crippen LogP contribution in [0.3, 0.4) is 0 Å². The van der Waals surface area contributed by atoms with Crippen LogP contribution in [-0.4, -0.2) is 64.2 Å². The maximum Gasteiger partial charge on any atom is 0.305 e. The van der Waals surface area contributed by atoms with Crippen LogP contribution in [0.25, 0.3) is 0 Å². The highest BCUT2D eigenvalue weighted by atomic mass is 16.7. The lowest BCUT2D eigenvalue weighted by Crippen LogP contribution is -2.60. The smallest absolute Gasteiger partial charge is 0.305 e. The Morgan fingerprint density at radius 2 is 1.44 bits per heavy atom. The minimum atomic E-state index is -1.48. The van der Waals surface area contributed by atoms with Gasteiger partial charge in [0.2, 0.25) is 0 Å². The molecule has 8 atom stereocenters. The zero-order chi connectivity index (χ0) is 50.4. The number of rotatable bonds is 36. The Kier molecular flexibility index (Phi) is 31.8. The Balaban J connectivity index is 1.62. The van der Waals surface area contributed by atoms with E-state index in [1.807, 2.05) is 13.8 Å². The molecule has 1 fully saturated rings. The third-order valence-electron chi connectivity index (χ3n) is 15.0. The fourth-order valence-corrected chi connectivity index (χ4v) is 10.1. The largest absolute Gasteiger partial charge is 0.463 e. The van der Waals surface area contributed by atoms with Gasteiger partial charge in [-0.05, 0) is 135 Å². The van der Waals surface area contributed by atoms with E-state index < -0.39 is 36.3 Å². The maximum absolute atomic E-state index is 12.5. The molecule has 1 aliphatic carbocycles. The van der Waals surface area contributed by atoms with Crippen molar-refractivity contribution in [2.75, 3.05) is 6.61 Å². The second-order valence-electron chi connectivity index (χ2n) is 22.8. The Morgan fingerprint density at radius 3 is 2.10 bits per heavy atom. The minimum Gasteiger partial charge on any atom is -0.463 e. The van der Waals surface area contributed by atoms with E-state index in [1.165, 1.54) is 133 Å². The normalized spacial score (nSPS) is 23.9. The molecule has 68 heavy (non-hydrogen) atoms. The highest BCUT2D eigenvalue weighted by Crippen LogP contribution is 2.43. The lowest BCUT2D eigenvalue weighted by atomic mass is 9.67. The molecule has 0 aromatic heterocycles. The van der Waals surface area contributed by atoms with Crippen molar-refractivity contribution < 1.29 is 34.3 Å². The summed E-state index contributed by atoms with van der Waals surface area (Å²) in [5.41, 5.74) is 5.43. The Labute approximate surface area is 418 Å². The van der Waals surface area contributed by atoms with Gasteiger partial charge >= 0.3 is 5.97 Å². The van der Waals surface area contributed by atoms with E-state index in [4.69, 9.17) is 14.2 Å². The van der Waals surface area contributed by atoms with Gasteiger partial charge in [0.25, 0.3) is 0 Å². The number of carbonyl (C=O) groups is 1. The lowest BCUT2D eigenvalue weighted by molar-refractivity contribution is -0.324. The molecule has 3 N–H and O–H groups in total. The van der Waals surface area contributed by atoms with Gasteiger partial charge < -0.3 is 29.5 Å². The van der Waals surface area contributed by atoms with Gasteiger partial charge in [-0.3, -0.25) is 4.79 Å². The number of hydrogen-bond donors (Lipinski definition) is 3. The van der Waals surface area contributed by atoms with Crippen molar-refractivity contribution in [3.05, 3.63) is 70.9 Å². The van der Waals surface area contributed by atoms with E-state index >= 15 is 0 Å². The molecule has 3 unspecified atom stereocenters. The molecule has 2 aliphatic rings. The van der Waals surface area contributed by atoms with Crippen LogP contribution in [0, 0.1) is 23.2 Å². The minimum absolute atomic E-state index is 0.208. The van der Waals surface area contributed by atoms with Crippen molar-refractivity contribution in [3.63, 3.8) is 0 Å². The van der Waals surface area contributed by atoms with Crippen LogP contribution in [-0.2, 0) is 19.0 Å². The first-order valence-electron chi connectivity index (χ1n) is 27.9. The average molecular weight is 952 g/mol. The van der Waals surface area contributed by atoms with Crippen molar-refractivity contribution in [1.82, 2.24) is 0 Å². The Morgan fingerprint density at radius 1 is 0.794 bits per heavy atom. The molecule has 0 aromatic rings. The topological polar surface area (TPSA) is 105 Å². The van der Waals surface area contributed by atoms with Gasteiger partial charge in [0.05, 0.1) is 5.60 Å². The summed E-state index contributed by atoms with van der Waals surface area (Å²) in [5.74, 6) is 1.74. The van der Waals surface area contributed by atoms with Crippen molar-refractivity contribution in [1.29, 1.82) is 0 Å². The number of aliphatic hydroxyl groups excluding tert-OH is 3. The second kappa shape index (κ2) is 34.9. The van der Waals surface area contributed by atoms with E-state index in [1.54, 1.807) is 11.1 Å². The van der Waals surface area contributed by atoms with Crippen LogP contribution in [0.1, 0.15) is 243 Å². The van der Waals surface area contributed by atoms with Crippen molar-refractivity contribution >= 4 is 5.97 Å². The molecule has 2 rings (SSSR count). The van der Waals surface area contributed by atoms with Gasteiger partial charge in [0, 0.05) is 6.42 Å². The number of allylic oxidation sites excluding steroid dienone is 12. The zero-order valence-corrected chi connectivity index (χ0v) is 45.8. The van der Waals surface area contributed by atoms with Crippen molar-refractivity contribution in [2.24, 2.45) is 23.2 Å². The molecule has 1 heterocycles. The standard InChI is InChI=1S/C61H106O7/c1-12-13-14-15-16-17-18-19-20-21-22-23-41-55(62)66-46-54-56(63)57(64)58(65)59(67-54)68-61(10,11)45-29-39-50(5)37-27-36-49(4)35-26-33-47(2)31-24-25-32-48(3)34-28-38-51(6)42-43-53-52(7)40-30-44-60(53,8)9/h26-27,33,35-38,40,47-48,53-54,56-59,63-65H,12-25,28-32,34,39,41-46H2,1-11H3/b33-26+,36-27+,49-35+,50-37+,51-38+/t47?,48?,53?,54-,56-,57+,58-,59-/m1/s1. The third-order valence-corrected chi connectivity index (χ3v) is 15.0. The van der Waals surface area contributed by atoms with Gasteiger partial charge in [0.1, 0.15) is 31.0 Å². The Hall–Kier alpha value is -2.29. The molecule has 0 saturated carbocycles. The molecule has 1 saturated heterocycles. The summed E-state index contributed by atoms with van der Waals surface area (Å²) in [6.07, 6.45) is 41.8. The Bertz CT molecular complexity index is 1550. The van der Waals surface area contributed by atoms with Crippen LogP contribution in [0.5, 0.6) is 0 Å². The predicted octanol–water partition coefficient (Wildman–Crippen LogP) is 16.1. The monoisotopic (exact) mass is 951 g/mol. The first-order chi connectivity index (χ1) is 32.3. The molecule has 0 radical (unpaired) electrons. The first kappa shape index (κ1) is 61.8. The van der Waals surface area contributed by atoms with Crippen LogP contribution in [0.4, 0.5) is 0 Å². The predicted molar refractivity (Wildman–Crippen MR) is 287 cm³/mol. The van der Waals surface area contributed by atoms with E-state index in [-0.39, 0.29) is 12.6 Å². The molecule has 0 bridgehead atoms. The van der Waals surface area contributed by atoms with Crippen LogP contribution in [0.2, 0.25) is 0 Å². The van der Waals surface area contributed by atoms with Crippen LogP contribution >= 0.6 is 0 Å². The second-order valence-corrected chi connectivity index (χ2v) is 22.8. The molecule has 0 aromatic carbocycles. The van der Waals surface area contributed by atoms with Gasteiger partial charge in [-0.2, -0.15) is 0 Å².